The van der Waals surface area contributed by atoms with Gasteiger partial charge >= 0.3 is 0 Å². The zero-order valence-electron chi connectivity index (χ0n) is 6.19. The fourth-order valence-corrected chi connectivity index (χ4v) is 1.78. The number of nitrogens with one attached hydrogen (secondary N) is 2. The van der Waals surface area contributed by atoms with Crippen LogP contribution in [0.4, 0.5) is 0 Å². The van der Waals surface area contributed by atoms with Crippen molar-refractivity contribution in [2.24, 2.45) is 0 Å². The van der Waals surface area contributed by atoms with E-state index in [0.29, 0.717) is 6.04 Å². The first-order valence-corrected chi connectivity index (χ1v) is 4.14. The van der Waals surface area contributed by atoms with Crippen molar-refractivity contribution in [3.63, 3.8) is 0 Å². The maximum Gasteiger partial charge on any atom is 0.0422 e. The van der Waals surface area contributed by atoms with E-state index in [1.807, 2.05) is 0 Å². The Kier molecular flexibility index (Phi) is 1.74. The lowest BCUT2D eigenvalue weighted by Gasteiger charge is -2.30. The van der Waals surface area contributed by atoms with Gasteiger partial charge in [0.15, 0.2) is 0 Å². The first-order valence-electron chi connectivity index (χ1n) is 4.14. The van der Waals surface area contributed by atoms with Crippen molar-refractivity contribution in [2.45, 2.75) is 31.7 Å². The summed E-state index contributed by atoms with van der Waals surface area (Å²) in [5.41, 5.74) is 8.13. The molecule has 1 aliphatic carbocycles. The zero-order chi connectivity index (χ0) is 6.81. The van der Waals surface area contributed by atoms with Crippen molar-refractivity contribution >= 4 is 0 Å². The van der Waals surface area contributed by atoms with Gasteiger partial charge in [-0.15, -0.1) is 0 Å². The van der Waals surface area contributed by atoms with Crippen LogP contribution in [-0.2, 0) is 0 Å². The summed E-state index contributed by atoms with van der Waals surface area (Å²) in [6, 6.07) is 0.655. The van der Waals surface area contributed by atoms with E-state index in [1.165, 1.54) is 25.7 Å². The zero-order valence-corrected chi connectivity index (χ0v) is 6.19. The lowest BCUT2D eigenvalue weighted by atomic mass is 9.91. The third kappa shape index (κ3) is 1.09. The van der Waals surface area contributed by atoms with Crippen LogP contribution in [0.25, 0.3) is 0 Å². The molecular weight excluding hydrogens is 124 g/mol. The van der Waals surface area contributed by atoms with E-state index in [0.717, 1.165) is 6.54 Å². The van der Waals surface area contributed by atoms with Gasteiger partial charge in [0.05, 0.1) is 0 Å². The van der Waals surface area contributed by atoms with Gasteiger partial charge < -0.3 is 0 Å². The third-order valence-corrected chi connectivity index (χ3v) is 2.37. The van der Waals surface area contributed by atoms with Crippen LogP contribution >= 0.6 is 0 Å². The minimum Gasteiger partial charge on any atom is -0.257 e. The molecule has 1 heterocycles. The predicted molar refractivity (Wildman–Crippen MR) is 41.5 cm³/mol. The highest BCUT2D eigenvalue weighted by Gasteiger charge is 2.19. The molecule has 10 heavy (non-hydrogen) atoms. The van der Waals surface area contributed by atoms with E-state index >= 15 is 0 Å². The average Bonchev–Trinajstić information content (AvgIpc) is 2.05. The van der Waals surface area contributed by atoms with Gasteiger partial charge in [0.1, 0.15) is 0 Å². The van der Waals surface area contributed by atoms with Crippen LogP contribution in [0.1, 0.15) is 25.7 Å². The maximum absolute atomic E-state index is 3.30. The summed E-state index contributed by atoms with van der Waals surface area (Å²) >= 11 is 0. The molecule has 2 heteroatoms. The van der Waals surface area contributed by atoms with Crippen molar-refractivity contribution in [3.05, 3.63) is 11.6 Å². The Hall–Kier alpha value is -0.340. The Morgan fingerprint density at radius 1 is 1.50 bits per heavy atom. The van der Waals surface area contributed by atoms with Gasteiger partial charge in [-0.25, -0.2) is 0 Å². The highest BCUT2D eigenvalue weighted by molar-refractivity contribution is 5.15. The molecule has 2 nitrogen and oxygen atoms in total. The van der Waals surface area contributed by atoms with Gasteiger partial charge in [-0.3, -0.25) is 10.9 Å². The topological polar surface area (TPSA) is 24.1 Å². The van der Waals surface area contributed by atoms with E-state index in [-0.39, 0.29) is 0 Å². The monoisotopic (exact) mass is 138 g/mol. The molecule has 0 spiro atoms. The van der Waals surface area contributed by atoms with Gasteiger partial charge in [-0.05, 0) is 25.7 Å². The predicted octanol–water partition coefficient (Wildman–Crippen LogP) is 0.963. The molecular formula is C8H14N2. The molecule has 1 fully saturated rings. The molecule has 2 aliphatic rings. The first kappa shape index (κ1) is 6.38. The summed E-state index contributed by atoms with van der Waals surface area (Å²) in [5.74, 6) is 0. The van der Waals surface area contributed by atoms with Gasteiger partial charge in [0, 0.05) is 12.6 Å². The largest absolute Gasteiger partial charge is 0.257 e. The summed E-state index contributed by atoms with van der Waals surface area (Å²) in [6.07, 6.45) is 7.62. The second-order valence-corrected chi connectivity index (χ2v) is 3.08. The minimum atomic E-state index is 0.655. The molecule has 56 valence electrons. The molecule has 0 aromatic heterocycles. The second kappa shape index (κ2) is 2.72. The number of rotatable bonds is 0. The smallest absolute Gasteiger partial charge is 0.0422 e. The summed E-state index contributed by atoms with van der Waals surface area (Å²) in [5, 5.41) is 0. The van der Waals surface area contributed by atoms with Gasteiger partial charge in [-0.1, -0.05) is 11.6 Å². The van der Waals surface area contributed by atoms with E-state index in [9.17, 15) is 0 Å². The normalized spacial score (nSPS) is 32.8. The highest BCUT2D eigenvalue weighted by atomic mass is 15.4. The number of hydrazine groups is 1. The molecule has 1 atom stereocenters. The molecule has 1 saturated heterocycles. The lowest BCUT2D eigenvalue weighted by Crippen LogP contribution is -2.47. The fraction of sp³-hybridized carbons (Fsp3) is 0.750. The molecule has 0 aromatic carbocycles. The van der Waals surface area contributed by atoms with Crippen LogP contribution in [0.3, 0.4) is 0 Å². The molecule has 2 N–H and O–H groups in total. The van der Waals surface area contributed by atoms with E-state index in [4.69, 9.17) is 0 Å². The first-order chi connectivity index (χ1) is 4.97. The summed E-state index contributed by atoms with van der Waals surface area (Å²) in [7, 11) is 0. The number of fused-ring (bicyclic) bond motifs is 1. The number of hydrogen-bond acceptors (Lipinski definition) is 2. The van der Waals surface area contributed by atoms with Crippen LogP contribution in [0.5, 0.6) is 0 Å². The molecule has 2 rings (SSSR count). The second-order valence-electron chi connectivity index (χ2n) is 3.08. The maximum atomic E-state index is 3.30. The Balaban J connectivity index is 2.08. The van der Waals surface area contributed by atoms with Crippen LogP contribution in [0.2, 0.25) is 0 Å². The summed E-state index contributed by atoms with van der Waals surface area (Å²) in [4.78, 5) is 0. The minimum absolute atomic E-state index is 0.655. The van der Waals surface area contributed by atoms with Crippen LogP contribution in [0, 0.1) is 0 Å². The van der Waals surface area contributed by atoms with Crippen molar-refractivity contribution < 1.29 is 0 Å². The van der Waals surface area contributed by atoms with E-state index in [2.05, 4.69) is 16.9 Å². The molecule has 0 bridgehead atoms. The molecule has 0 radical (unpaired) electrons. The van der Waals surface area contributed by atoms with Crippen molar-refractivity contribution in [3.8, 4) is 0 Å². The quantitative estimate of drug-likeness (QED) is 0.487. The Morgan fingerprint density at radius 3 is 3.40 bits per heavy atom. The van der Waals surface area contributed by atoms with Crippen molar-refractivity contribution in [2.75, 3.05) is 6.54 Å². The highest BCUT2D eigenvalue weighted by Crippen LogP contribution is 2.21. The fourth-order valence-electron chi connectivity index (χ4n) is 1.78. The Morgan fingerprint density at radius 2 is 2.50 bits per heavy atom. The van der Waals surface area contributed by atoms with Crippen molar-refractivity contribution in [1.82, 2.24) is 10.9 Å². The Labute approximate surface area is 61.7 Å². The molecule has 1 unspecified atom stereocenters. The third-order valence-electron chi connectivity index (χ3n) is 2.37. The molecule has 0 saturated carbocycles. The van der Waals surface area contributed by atoms with Gasteiger partial charge in [0.25, 0.3) is 0 Å². The molecule has 0 aromatic rings. The Bertz CT molecular complexity index is 151. The average molecular weight is 138 g/mol. The summed E-state index contributed by atoms with van der Waals surface area (Å²) in [6.45, 7) is 1.10. The number of hydrogen-bond donors (Lipinski definition) is 2. The van der Waals surface area contributed by atoms with Crippen LogP contribution in [-0.4, -0.2) is 12.6 Å². The standard InChI is InChI=1S/C8H14N2/c1-2-4-8-7(3-1)5-6-9-10-8/h3,8-10H,1-2,4-6H2. The van der Waals surface area contributed by atoms with E-state index in [1.54, 1.807) is 5.57 Å². The van der Waals surface area contributed by atoms with Crippen LogP contribution in [0.15, 0.2) is 11.6 Å². The van der Waals surface area contributed by atoms with Gasteiger partial charge in [-0.2, -0.15) is 0 Å². The SMILES string of the molecule is C1=C2CCNNC2CCC1. The summed E-state index contributed by atoms with van der Waals surface area (Å²) < 4.78 is 0. The van der Waals surface area contributed by atoms with Gasteiger partial charge in [0.2, 0.25) is 0 Å². The van der Waals surface area contributed by atoms with Crippen molar-refractivity contribution in [1.29, 1.82) is 0 Å². The van der Waals surface area contributed by atoms with E-state index < -0.39 is 0 Å². The number of allylic oxidation sites excluding steroid dienone is 1. The van der Waals surface area contributed by atoms with Crippen LogP contribution < -0.4 is 10.9 Å². The lowest BCUT2D eigenvalue weighted by molar-refractivity contribution is 0.379. The molecule has 0 amide bonds. The molecule has 1 aliphatic heterocycles.